The summed E-state index contributed by atoms with van der Waals surface area (Å²) in [5.74, 6) is -0.146. The van der Waals surface area contributed by atoms with E-state index in [-0.39, 0.29) is 28.4 Å². The Morgan fingerprint density at radius 2 is 1.56 bits per heavy atom. The van der Waals surface area contributed by atoms with Gasteiger partial charge in [-0.05, 0) is 56.3 Å². The first kappa shape index (κ1) is 21.8. The van der Waals surface area contributed by atoms with Gasteiger partial charge >= 0.3 is 0 Å². The third-order valence-corrected chi connectivity index (χ3v) is 5.60. The van der Waals surface area contributed by atoms with Crippen molar-refractivity contribution < 1.29 is 4.79 Å². The maximum Gasteiger partial charge on any atom is 0.256 e. The minimum atomic E-state index is -0.369. The van der Waals surface area contributed by atoms with Gasteiger partial charge in [-0.1, -0.05) is 59.1 Å². The number of carbonyl (C=O) groups excluding carboxylic acids is 1. The number of hydrogen-bond acceptors (Lipinski definition) is 3. The Kier molecular flexibility index (Phi) is 6.12. The summed E-state index contributed by atoms with van der Waals surface area (Å²) in [7, 11) is 0. The van der Waals surface area contributed by atoms with Crippen LogP contribution < -0.4 is 10.7 Å². The Balaban J connectivity index is 1.97. The molecule has 0 fully saturated rings. The van der Waals surface area contributed by atoms with E-state index in [1.165, 1.54) is 4.68 Å². The molecule has 5 nitrogen and oxygen atoms in total. The molecular weight excluding hydrogens is 445 g/mol. The summed E-state index contributed by atoms with van der Waals surface area (Å²) in [6, 6.07) is 21.1. The molecule has 7 heteroatoms. The highest BCUT2D eigenvalue weighted by molar-refractivity contribution is 6.33. The number of hydrogen-bond donors (Lipinski definition) is 1. The van der Waals surface area contributed by atoms with Crippen LogP contribution >= 0.6 is 23.2 Å². The normalized spacial score (nSPS) is 10.8. The van der Waals surface area contributed by atoms with Crippen LogP contribution in [0.5, 0.6) is 0 Å². The molecule has 4 rings (SSSR count). The Morgan fingerprint density at radius 1 is 0.906 bits per heavy atom. The molecule has 0 saturated carbocycles. The molecule has 0 saturated heterocycles. The molecule has 1 N–H and O–H groups in total. The first-order chi connectivity index (χ1) is 15.3. The second kappa shape index (κ2) is 8.99. The molecular formula is C25H19Cl2N3O2. The third kappa shape index (κ3) is 4.31. The molecule has 0 aliphatic carbocycles. The van der Waals surface area contributed by atoms with Crippen LogP contribution in [-0.4, -0.2) is 15.7 Å². The Bertz CT molecular complexity index is 1360. The average molecular weight is 464 g/mol. The van der Waals surface area contributed by atoms with Crippen molar-refractivity contribution in [1.82, 2.24) is 9.78 Å². The van der Waals surface area contributed by atoms with Crippen molar-refractivity contribution in [2.75, 3.05) is 5.32 Å². The van der Waals surface area contributed by atoms with E-state index in [4.69, 9.17) is 23.2 Å². The van der Waals surface area contributed by atoms with Crippen LogP contribution in [0.25, 0.3) is 16.8 Å². The van der Waals surface area contributed by atoms with Crippen LogP contribution in [0, 0.1) is 13.8 Å². The van der Waals surface area contributed by atoms with Crippen molar-refractivity contribution >= 4 is 34.9 Å². The van der Waals surface area contributed by atoms with Gasteiger partial charge in [-0.25, -0.2) is 4.68 Å². The molecule has 0 bridgehead atoms. The Hall–Kier alpha value is -3.41. The Morgan fingerprint density at radius 3 is 2.22 bits per heavy atom. The van der Waals surface area contributed by atoms with Gasteiger partial charge in [0.1, 0.15) is 11.5 Å². The van der Waals surface area contributed by atoms with E-state index in [2.05, 4.69) is 10.4 Å². The SMILES string of the molecule is Cc1ccc(C(=O)Nc2c(-c3ccccc3Cl)c(=O)c(C)nn2-c2ccc(Cl)cc2)cc1. The highest BCUT2D eigenvalue weighted by Gasteiger charge is 2.22. The van der Waals surface area contributed by atoms with Gasteiger partial charge in [0.05, 0.1) is 11.3 Å². The lowest BCUT2D eigenvalue weighted by Gasteiger charge is -2.19. The lowest BCUT2D eigenvalue weighted by Crippen LogP contribution is -2.25. The second-order valence-corrected chi connectivity index (χ2v) is 8.17. The van der Waals surface area contributed by atoms with Gasteiger partial charge < -0.3 is 5.32 Å². The molecule has 1 amide bonds. The predicted octanol–water partition coefficient (Wildman–Crippen LogP) is 6.08. The molecule has 0 spiro atoms. The van der Waals surface area contributed by atoms with Crippen molar-refractivity contribution in [2.24, 2.45) is 0 Å². The number of amides is 1. The molecule has 1 heterocycles. The summed E-state index contributed by atoms with van der Waals surface area (Å²) in [5, 5.41) is 8.29. The number of aryl methyl sites for hydroxylation is 2. The van der Waals surface area contributed by atoms with Crippen LogP contribution in [0.3, 0.4) is 0 Å². The zero-order chi connectivity index (χ0) is 22.8. The molecule has 0 radical (unpaired) electrons. The van der Waals surface area contributed by atoms with E-state index < -0.39 is 0 Å². The number of carbonyl (C=O) groups is 1. The van der Waals surface area contributed by atoms with E-state index in [9.17, 15) is 9.59 Å². The summed E-state index contributed by atoms with van der Waals surface area (Å²) < 4.78 is 1.53. The highest BCUT2D eigenvalue weighted by atomic mass is 35.5. The van der Waals surface area contributed by atoms with Crippen LogP contribution in [0.1, 0.15) is 21.6 Å². The van der Waals surface area contributed by atoms with Crippen LogP contribution in [-0.2, 0) is 0 Å². The monoisotopic (exact) mass is 463 g/mol. The molecule has 4 aromatic rings. The fraction of sp³-hybridized carbons (Fsp3) is 0.0800. The standard InChI is InChI=1S/C25H19Cl2N3O2/c1-15-7-9-17(10-8-15)25(32)28-24-22(20-5-3-4-6-21(20)27)23(31)16(2)29-30(24)19-13-11-18(26)12-14-19/h3-14H,1-2H3,(H,28,32). The molecule has 0 atom stereocenters. The summed E-state index contributed by atoms with van der Waals surface area (Å²) in [5.41, 5.74) is 2.84. The molecule has 32 heavy (non-hydrogen) atoms. The third-order valence-electron chi connectivity index (χ3n) is 5.01. The predicted molar refractivity (Wildman–Crippen MR) is 129 cm³/mol. The summed E-state index contributed by atoms with van der Waals surface area (Å²) in [6.45, 7) is 3.57. The number of aromatic nitrogens is 2. The number of anilines is 1. The van der Waals surface area contributed by atoms with E-state index in [1.807, 2.05) is 19.1 Å². The highest BCUT2D eigenvalue weighted by Crippen LogP contribution is 2.32. The lowest BCUT2D eigenvalue weighted by atomic mass is 10.0. The zero-order valence-corrected chi connectivity index (χ0v) is 18.9. The number of rotatable bonds is 4. The number of nitrogens with one attached hydrogen (secondary N) is 1. The topological polar surface area (TPSA) is 64.0 Å². The molecule has 0 aliphatic rings. The minimum absolute atomic E-state index is 0.224. The lowest BCUT2D eigenvalue weighted by molar-refractivity contribution is 0.102. The molecule has 0 aliphatic heterocycles. The first-order valence-corrected chi connectivity index (χ1v) is 10.6. The van der Waals surface area contributed by atoms with E-state index >= 15 is 0 Å². The van der Waals surface area contributed by atoms with Crippen molar-refractivity contribution in [2.45, 2.75) is 13.8 Å². The van der Waals surface area contributed by atoms with E-state index in [1.54, 1.807) is 67.6 Å². The number of benzene rings is 3. The van der Waals surface area contributed by atoms with Gasteiger partial charge in [-0.15, -0.1) is 0 Å². The fourth-order valence-electron chi connectivity index (χ4n) is 3.32. The molecule has 160 valence electrons. The van der Waals surface area contributed by atoms with E-state index in [0.29, 0.717) is 26.9 Å². The van der Waals surface area contributed by atoms with Gasteiger partial charge in [0.15, 0.2) is 0 Å². The van der Waals surface area contributed by atoms with Crippen molar-refractivity contribution in [1.29, 1.82) is 0 Å². The Labute approximate surface area is 195 Å². The molecule has 3 aromatic carbocycles. The largest absolute Gasteiger partial charge is 0.306 e. The number of halogens is 2. The van der Waals surface area contributed by atoms with Crippen molar-refractivity contribution in [3.05, 3.63) is 110 Å². The second-order valence-electron chi connectivity index (χ2n) is 7.33. The summed E-state index contributed by atoms with van der Waals surface area (Å²) in [6.07, 6.45) is 0. The average Bonchev–Trinajstić information content (AvgIpc) is 2.78. The summed E-state index contributed by atoms with van der Waals surface area (Å²) in [4.78, 5) is 26.4. The van der Waals surface area contributed by atoms with Gasteiger partial charge in [-0.3, -0.25) is 9.59 Å². The molecule has 1 aromatic heterocycles. The van der Waals surface area contributed by atoms with Gasteiger partial charge in [0, 0.05) is 21.2 Å². The maximum atomic E-state index is 13.2. The summed E-state index contributed by atoms with van der Waals surface area (Å²) >= 11 is 12.5. The molecule has 0 unspecified atom stereocenters. The zero-order valence-electron chi connectivity index (χ0n) is 17.4. The van der Waals surface area contributed by atoms with Gasteiger partial charge in [-0.2, -0.15) is 5.10 Å². The fourth-order valence-corrected chi connectivity index (χ4v) is 3.68. The van der Waals surface area contributed by atoms with Gasteiger partial charge in [0.2, 0.25) is 5.43 Å². The van der Waals surface area contributed by atoms with Crippen molar-refractivity contribution in [3.63, 3.8) is 0 Å². The minimum Gasteiger partial charge on any atom is -0.306 e. The number of nitrogens with zero attached hydrogens (tertiary/aromatic N) is 2. The van der Waals surface area contributed by atoms with E-state index in [0.717, 1.165) is 5.56 Å². The van der Waals surface area contributed by atoms with Crippen molar-refractivity contribution in [3.8, 4) is 16.8 Å². The quantitative estimate of drug-likeness (QED) is 0.399. The van der Waals surface area contributed by atoms with Crippen LogP contribution in [0.4, 0.5) is 5.82 Å². The van der Waals surface area contributed by atoms with Crippen LogP contribution in [0.2, 0.25) is 10.0 Å². The van der Waals surface area contributed by atoms with Crippen LogP contribution in [0.15, 0.2) is 77.6 Å². The first-order valence-electron chi connectivity index (χ1n) is 9.88. The maximum absolute atomic E-state index is 13.2. The van der Waals surface area contributed by atoms with Gasteiger partial charge in [0.25, 0.3) is 5.91 Å². The smallest absolute Gasteiger partial charge is 0.256 e.